The Hall–Kier alpha value is -5.23. The summed E-state index contributed by atoms with van der Waals surface area (Å²) in [5.74, 6) is -0.618. The third kappa shape index (κ3) is 9.85. The van der Waals surface area contributed by atoms with Crippen LogP contribution in [0.2, 0.25) is 0 Å². The molecule has 0 radical (unpaired) electrons. The van der Waals surface area contributed by atoms with Crippen molar-refractivity contribution in [3.8, 4) is 17.2 Å². The highest BCUT2D eigenvalue weighted by molar-refractivity contribution is 6.03. The number of unbranched alkanes of at least 4 members (excludes halogenated alkanes) is 2. The van der Waals surface area contributed by atoms with Crippen molar-refractivity contribution in [2.45, 2.75) is 103 Å². The van der Waals surface area contributed by atoms with E-state index in [2.05, 4.69) is 30.9 Å². The fourth-order valence-corrected chi connectivity index (χ4v) is 9.57. The molecule has 0 aromatic heterocycles. The second-order valence-corrected chi connectivity index (χ2v) is 17.5. The number of aliphatic hydroxyl groups excluding tert-OH is 2. The van der Waals surface area contributed by atoms with Crippen molar-refractivity contribution in [3.05, 3.63) is 126 Å². The Morgan fingerprint density at radius 1 is 0.952 bits per heavy atom. The lowest BCUT2D eigenvalue weighted by atomic mass is 9.55. The first kappa shape index (κ1) is 44.8. The molecule has 0 spiro atoms. The molecule has 2 aliphatic carbocycles. The van der Waals surface area contributed by atoms with E-state index in [0.717, 1.165) is 47.6 Å². The summed E-state index contributed by atoms with van der Waals surface area (Å²) >= 11 is 0. The number of ether oxygens (including phenoxy) is 4. The predicted molar refractivity (Wildman–Crippen MR) is 239 cm³/mol. The van der Waals surface area contributed by atoms with Gasteiger partial charge >= 0.3 is 6.09 Å². The number of benzene rings is 4. The quantitative estimate of drug-likeness (QED) is 0.0577. The van der Waals surface area contributed by atoms with E-state index >= 15 is 0 Å². The Kier molecular flexibility index (Phi) is 14.4. The van der Waals surface area contributed by atoms with Crippen LogP contribution in [-0.4, -0.2) is 70.8 Å². The van der Waals surface area contributed by atoms with Crippen LogP contribution in [-0.2, 0) is 20.9 Å². The first-order valence-electron chi connectivity index (χ1n) is 22.1. The molecule has 1 fully saturated rings. The van der Waals surface area contributed by atoms with Crippen LogP contribution in [0.1, 0.15) is 89.7 Å². The molecule has 6 atom stereocenters. The number of carbonyl (C=O) groups is 1. The fourth-order valence-electron chi connectivity index (χ4n) is 9.57. The summed E-state index contributed by atoms with van der Waals surface area (Å²) < 4.78 is 41.1. The molecular weight excluding hydrogens is 788 g/mol. The SMILES string of the molecule is C=CCO[C@@]12Oc3ccc(Oc4ccc5ccccc5c4)cc3[C@H]3[C@H](CCCCO)[C@@H](CCCCO)C=C(C(=NOC(C)(C)C)C[C@@H]1N(Cc1ccc(F)cc1)C(=O)OCC)[C@H]32. The number of fused-ring (bicyclic) bond motifs is 3. The summed E-state index contributed by atoms with van der Waals surface area (Å²) in [4.78, 5) is 22.3. The molecule has 4 aromatic carbocycles. The second kappa shape index (κ2) is 19.9. The maximum atomic E-state index is 14.4. The minimum Gasteiger partial charge on any atom is -0.459 e. The van der Waals surface area contributed by atoms with Crippen molar-refractivity contribution in [1.82, 2.24) is 4.90 Å². The van der Waals surface area contributed by atoms with E-state index in [1.54, 1.807) is 30.0 Å². The molecule has 1 heterocycles. The van der Waals surface area contributed by atoms with Gasteiger partial charge < -0.3 is 34.0 Å². The Morgan fingerprint density at radius 3 is 2.37 bits per heavy atom. The minimum atomic E-state index is -1.49. The van der Waals surface area contributed by atoms with Crippen LogP contribution >= 0.6 is 0 Å². The van der Waals surface area contributed by atoms with Crippen LogP contribution < -0.4 is 9.47 Å². The standard InChI is InChI=1S/C51H61FN2O8/c1-6-28-59-51-46(54(49(57)58-7-2)33-34-18-21-38(52)22-19-34)32-44(53-62-50(3,4)5)42-30-37(16-10-12-26-55)41(17-11-13-27-56)47(48(42)51)43-31-40(24-25-45(43)61-51)60-39-23-20-35-14-8-9-15-36(35)29-39/h6,8-9,14-15,18-25,29-31,37,41,46-48,55-56H,1,7,10-13,16-17,26-28,32-33H2,2-5H3/t37-,41+,46-,47+,48+,51+/m0/s1. The van der Waals surface area contributed by atoms with E-state index in [1.165, 1.54) is 12.1 Å². The number of carbonyl (C=O) groups excluding carboxylic acids is 1. The van der Waals surface area contributed by atoms with Crippen molar-refractivity contribution < 1.29 is 43.2 Å². The van der Waals surface area contributed by atoms with Crippen LogP contribution in [0, 0.1) is 23.6 Å². The molecule has 3 aliphatic rings. The second-order valence-electron chi connectivity index (χ2n) is 17.5. The van der Waals surface area contributed by atoms with Gasteiger partial charge in [0.05, 0.1) is 24.8 Å². The van der Waals surface area contributed by atoms with E-state index in [-0.39, 0.29) is 63.0 Å². The maximum Gasteiger partial charge on any atom is 0.410 e. The van der Waals surface area contributed by atoms with Crippen molar-refractivity contribution in [2.75, 3.05) is 26.4 Å². The average Bonchev–Trinajstić information content (AvgIpc) is 3.26. The lowest BCUT2D eigenvalue weighted by Crippen LogP contribution is -2.70. The van der Waals surface area contributed by atoms with Crippen LogP contribution in [0.3, 0.4) is 0 Å². The topological polar surface area (TPSA) is 119 Å². The van der Waals surface area contributed by atoms with Crippen LogP contribution in [0.25, 0.3) is 10.8 Å². The number of allylic oxidation sites excluding steroid dienone is 1. The summed E-state index contributed by atoms with van der Waals surface area (Å²) in [7, 11) is 0. The highest BCUT2D eigenvalue weighted by Crippen LogP contribution is 2.62. The highest BCUT2D eigenvalue weighted by atomic mass is 19.1. The summed E-state index contributed by atoms with van der Waals surface area (Å²) in [6.45, 7) is 12.1. The Bertz CT molecular complexity index is 2240. The van der Waals surface area contributed by atoms with E-state index in [1.807, 2.05) is 63.2 Å². The molecule has 1 amide bonds. The van der Waals surface area contributed by atoms with Crippen molar-refractivity contribution in [3.63, 3.8) is 0 Å². The molecule has 0 saturated heterocycles. The van der Waals surface area contributed by atoms with Gasteiger partial charge in [0, 0.05) is 37.7 Å². The van der Waals surface area contributed by atoms with Gasteiger partial charge in [-0.1, -0.05) is 72.6 Å². The molecule has 2 N–H and O–H groups in total. The lowest BCUT2D eigenvalue weighted by Gasteiger charge is -2.60. The molecular formula is C51H61FN2O8. The molecule has 62 heavy (non-hydrogen) atoms. The van der Waals surface area contributed by atoms with Gasteiger partial charge in [0.15, 0.2) is 0 Å². The number of oxime groups is 1. The van der Waals surface area contributed by atoms with E-state index in [9.17, 15) is 19.4 Å². The molecule has 1 aliphatic heterocycles. The van der Waals surface area contributed by atoms with Gasteiger partial charge in [-0.15, -0.1) is 6.58 Å². The summed E-state index contributed by atoms with van der Waals surface area (Å²) in [6.07, 6.45) is 8.13. The van der Waals surface area contributed by atoms with E-state index in [4.69, 9.17) is 28.9 Å². The number of hydrogen-bond donors (Lipinski definition) is 2. The molecule has 1 saturated carbocycles. The average molecular weight is 849 g/mol. The monoisotopic (exact) mass is 848 g/mol. The molecule has 11 heteroatoms. The van der Waals surface area contributed by atoms with Crippen molar-refractivity contribution in [1.29, 1.82) is 0 Å². The van der Waals surface area contributed by atoms with Crippen molar-refractivity contribution >= 4 is 22.6 Å². The van der Waals surface area contributed by atoms with E-state index < -0.39 is 29.4 Å². The van der Waals surface area contributed by atoms with Crippen LogP contribution in [0.15, 0.2) is 114 Å². The maximum absolute atomic E-state index is 14.4. The number of amides is 1. The Morgan fingerprint density at radius 2 is 1.66 bits per heavy atom. The summed E-state index contributed by atoms with van der Waals surface area (Å²) in [5.41, 5.74) is 2.60. The molecule has 0 bridgehead atoms. The zero-order chi connectivity index (χ0) is 43.9. The van der Waals surface area contributed by atoms with Gasteiger partial charge in [-0.05, 0) is 130 Å². The third-order valence-corrected chi connectivity index (χ3v) is 12.2. The third-order valence-electron chi connectivity index (χ3n) is 12.2. The Balaban J connectivity index is 1.46. The fraction of sp³-hybridized carbons (Fsp3) is 0.451. The molecule has 0 unspecified atom stereocenters. The first-order chi connectivity index (χ1) is 30.0. The number of nitrogens with zero attached hydrogens (tertiary/aromatic N) is 2. The lowest BCUT2D eigenvalue weighted by molar-refractivity contribution is -0.256. The largest absolute Gasteiger partial charge is 0.459 e. The molecule has 7 rings (SSSR count). The predicted octanol–water partition coefficient (Wildman–Crippen LogP) is 10.9. The highest BCUT2D eigenvalue weighted by Gasteiger charge is 2.65. The van der Waals surface area contributed by atoms with Gasteiger partial charge in [0.2, 0.25) is 5.79 Å². The van der Waals surface area contributed by atoms with Gasteiger partial charge in [-0.2, -0.15) is 0 Å². The summed E-state index contributed by atoms with van der Waals surface area (Å²) in [5, 5.41) is 27.0. The zero-order valence-electron chi connectivity index (χ0n) is 36.4. The number of hydrogen-bond acceptors (Lipinski definition) is 9. The van der Waals surface area contributed by atoms with Gasteiger partial charge in [-0.3, -0.25) is 4.90 Å². The van der Waals surface area contributed by atoms with E-state index in [0.29, 0.717) is 41.4 Å². The molecule has 10 nitrogen and oxygen atoms in total. The molecule has 330 valence electrons. The number of aliphatic hydroxyl groups is 2. The first-order valence-corrected chi connectivity index (χ1v) is 22.1. The Labute approximate surface area is 365 Å². The smallest absolute Gasteiger partial charge is 0.410 e. The zero-order valence-corrected chi connectivity index (χ0v) is 36.4. The van der Waals surface area contributed by atoms with Crippen molar-refractivity contribution in [2.24, 2.45) is 22.9 Å². The van der Waals surface area contributed by atoms with Gasteiger partial charge in [-0.25, -0.2) is 9.18 Å². The number of halogens is 1. The number of rotatable bonds is 18. The van der Waals surface area contributed by atoms with Crippen LogP contribution in [0.4, 0.5) is 9.18 Å². The normalized spacial score (nSPS) is 23.4. The minimum absolute atomic E-state index is 0.0240. The summed E-state index contributed by atoms with van der Waals surface area (Å²) in [6, 6.07) is 25.4. The molecule has 4 aromatic rings. The van der Waals surface area contributed by atoms with Gasteiger partial charge in [0.1, 0.15) is 34.7 Å². The van der Waals surface area contributed by atoms with Gasteiger partial charge in [0.25, 0.3) is 0 Å². The van der Waals surface area contributed by atoms with Crippen LogP contribution in [0.5, 0.6) is 17.2 Å².